The van der Waals surface area contributed by atoms with Crippen LogP contribution >= 0.6 is 0 Å². The van der Waals surface area contributed by atoms with E-state index in [9.17, 15) is 0 Å². The quantitative estimate of drug-likeness (QED) is 0.483. The molecule has 6 heteroatoms. The fraction of sp³-hybridized carbons (Fsp3) is 1.00. The lowest BCUT2D eigenvalue weighted by atomic mass is 9.48. The first-order valence-corrected chi connectivity index (χ1v) is 4.24. The van der Waals surface area contributed by atoms with E-state index in [4.69, 9.17) is 0 Å². The zero-order chi connectivity index (χ0) is 8.59. The van der Waals surface area contributed by atoms with Crippen LogP contribution in [0.3, 0.4) is 0 Å². The Kier molecular flexibility index (Phi) is 2.68. The van der Waals surface area contributed by atoms with Crippen molar-refractivity contribution in [1.29, 1.82) is 0 Å². The molecule has 0 amide bonds. The molecule has 0 unspecified atom stereocenters. The van der Waals surface area contributed by atoms with Gasteiger partial charge in [-0.05, 0) is 14.1 Å². The number of hydrogen-bond acceptors (Lipinski definition) is 3. The molecule has 0 radical (unpaired) electrons. The average Bonchev–Trinajstić information content (AvgIpc) is 1.97. The van der Waals surface area contributed by atoms with Gasteiger partial charge in [-0.2, -0.15) is 0 Å². The van der Waals surface area contributed by atoms with Crippen molar-refractivity contribution in [3.8, 4) is 0 Å². The van der Waals surface area contributed by atoms with Gasteiger partial charge in [0.25, 0.3) is 20.9 Å². The van der Waals surface area contributed by atoms with Gasteiger partial charge >= 0.3 is 0 Å². The Balaban J connectivity index is 2.63. The highest BCUT2D eigenvalue weighted by molar-refractivity contribution is 6.85. The fourth-order valence-electron chi connectivity index (χ4n) is 1.52. The predicted octanol–water partition coefficient (Wildman–Crippen LogP) is -0.193. The van der Waals surface area contributed by atoms with Crippen LogP contribution in [0.25, 0.3) is 0 Å². The molecule has 1 saturated heterocycles. The summed E-state index contributed by atoms with van der Waals surface area (Å²) in [6.07, 6.45) is 0. The van der Waals surface area contributed by atoms with Gasteiger partial charge in [0.15, 0.2) is 0 Å². The Morgan fingerprint density at radius 3 is 1.64 bits per heavy atom. The van der Waals surface area contributed by atoms with Gasteiger partial charge in [-0.25, -0.2) is 0 Å². The van der Waals surface area contributed by atoms with E-state index in [1.165, 1.54) is 0 Å². The van der Waals surface area contributed by atoms with E-state index in [0.717, 1.165) is 0 Å². The van der Waals surface area contributed by atoms with Gasteiger partial charge in [-0.15, -0.1) is 0 Å². The van der Waals surface area contributed by atoms with Crippen molar-refractivity contribution in [2.45, 2.75) is 20.5 Å². The molecule has 0 spiro atoms. The lowest BCUT2D eigenvalue weighted by molar-refractivity contribution is 0.636. The van der Waals surface area contributed by atoms with Crippen LogP contribution in [-0.2, 0) is 0 Å². The lowest BCUT2D eigenvalue weighted by Crippen LogP contribution is -2.72. The van der Waals surface area contributed by atoms with Crippen LogP contribution in [0.15, 0.2) is 0 Å². The van der Waals surface area contributed by atoms with E-state index < -0.39 is 0 Å². The van der Waals surface area contributed by atoms with Gasteiger partial charge < -0.3 is 14.6 Å². The first-order chi connectivity index (χ1) is 5.04. The average molecular weight is 151 g/mol. The topological polar surface area (TPSA) is 18.5 Å². The first kappa shape index (κ1) is 9.17. The maximum Gasteiger partial charge on any atom is 0.286 e. The molecule has 60 valence electrons. The van der Waals surface area contributed by atoms with Gasteiger partial charge in [-0.1, -0.05) is 20.5 Å². The number of nitrogens with zero attached hydrogens (tertiary/aromatic N) is 2. The molecule has 3 nitrogen and oxygen atoms in total. The van der Waals surface area contributed by atoms with Gasteiger partial charge in [-0.3, -0.25) is 0 Å². The molecule has 1 aliphatic heterocycles. The van der Waals surface area contributed by atoms with Crippen molar-refractivity contribution in [1.82, 2.24) is 14.6 Å². The second kappa shape index (κ2) is 3.21. The lowest BCUT2D eigenvalue weighted by Gasteiger charge is -2.42. The van der Waals surface area contributed by atoms with Crippen molar-refractivity contribution in [2.24, 2.45) is 0 Å². The number of rotatable bonds is 0. The highest BCUT2D eigenvalue weighted by atomic mass is 15.2. The van der Waals surface area contributed by atoms with Crippen LogP contribution in [0.4, 0.5) is 0 Å². The summed E-state index contributed by atoms with van der Waals surface area (Å²) < 4.78 is 4.64. The third-order valence-corrected chi connectivity index (χ3v) is 2.88. The van der Waals surface area contributed by atoms with Crippen molar-refractivity contribution >= 4 is 20.9 Å². The molecule has 0 atom stereocenters. The second-order valence-electron chi connectivity index (χ2n) is 3.48. The first-order valence-electron chi connectivity index (χ1n) is 4.24. The van der Waals surface area contributed by atoms with Crippen LogP contribution in [-0.4, -0.2) is 44.5 Å². The standard InChI is InChI=1S/C5H16B3N3/c1-6-9-7(2)11(5)8(3)10(6)4/h9H,1-5H3. The molecule has 0 aromatic rings. The highest BCUT2D eigenvalue weighted by Crippen LogP contribution is 2.06. The van der Waals surface area contributed by atoms with Gasteiger partial charge in [0, 0.05) is 0 Å². The summed E-state index contributed by atoms with van der Waals surface area (Å²) in [7, 11) is 4.29. The van der Waals surface area contributed by atoms with E-state index in [2.05, 4.69) is 49.1 Å². The van der Waals surface area contributed by atoms with Crippen LogP contribution in [0.5, 0.6) is 0 Å². The fourth-order valence-corrected chi connectivity index (χ4v) is 1.52. The zero-order valence-electron chi connectivity index (χ0n) is 8.13. The summed E-state index contributed by atoms with van der Waals surface area (Å²) in [5, 5.41) is 3.46. The SMILES string of the molecule is CB1NB(C)N(C)B(C)N1C. The highest BCUT2D eigenvalue weighted by Gasteiger charge is 2.36. The number of hydrogen-bond donors (Lipinski definition) is 1. The third kappa shape index (κ3) is 1.63. The van der Waals surface area contributed by atoms with Gasteiger partial charge in [0.05, 0.1) is 0 Å². The molecular weight excluding hydrogens is 135 g/mol. The van der Waals surface area contributed by atoms with E-state index >= 15 is 0 Å². The second-order valence-corrected chi connectivity index (χ2v) is 3.48. The Morgan fingerprint density at radius 2 is 1.27 bits per heavy atom. The maximum atomic E-state index is 3.46. The van der Waals surface area contributed by atoms with Gasteiger partial charge in [0.1, 0.15) is 0 Å². The monoisotopic (exact) mass is 151 g/mol. The minimum Gasteiger partial charge on any atom is -0.371 e. The summed E-state index contributed by atoms with van der Waals surface area (Å²) in [6, 6.07) is 0. The Bertz CT molecular complexity index is 131. The Hall–Kier alpha value is 0.0748. The number of nitrogens with one attached hydrogen (secondary N) is 1. The smallest absolute Gasteiger partial charge is 0.286 e. The molecule has 11 heavy (non-hydrogen) atoms. The zero-order valence-corrected chi connectivity index (χ0v) is 8.13. The molecule has 1 N–H and O–H groups in total. The summed E-state index contributed by atoms with van der Waals surface area (Å²) in [5.41, 5.74) is 0. The van der Waals surface area contributed by atoms with Crippen molar-refractivity contribution < 1.29 is 0 Å². The van der Waals surface area contributed by atoms with Crippen LogP contribution in [0.2, 0.25) is 20.5 Å². The predicted molar refractivity (Wildman–Crippen MR) is 53.5 cm³/mol. The van der Waals surface area contributed by atoms with Crippen molar-refractivity contribution in [2.75, 3.05) is 14.1 Å². The molecule has 0 saturated carbocycles. The summed E-state index contributed by atoms with van der Waals surface area (Å²) in [6.45, 7) is 8.11. The Morgan fingerprint density at radius 1 is 0.909 bits per heavy atom. The third-order valence-electron chi connectivity index (χ3n) is 2.88. The van der Waals surface area contributed by atoms with Crippen LogP contribution < -0.4 is 5.14 Å². The molecule has 1 rings (SSSR count). The van der Waals surface area contributed by atoms with E-state index in [-0.39, 0.29) is 0 Å². The summed E-state index contributed by atoms with van der Waals surface area (Å²) in [4.78, 5) is 0. The maximum absolute atomic E-state index is 3.46. The van der Waals surface area contributed by atoms with Crippen LogP contribution in [0, 0.1) is 0 Å². The van der Waals surface area contributed by atoms with Crippen LogP contribution in [0.1, 0.15) is 0 Å². The minimum absolute atomic E-state index is 0.483. The molecule has 0 aliphatic carbocycles. The molecule has 1 aliphatic rings. The largest absolute Gasteiger partial charge is 0.371 e. The molecule has 0 bridgehead atoms. The molecule has 0 aromatic carbocycles. The molecule has 1 heterocycles. The van der Waals surface area contributed by atoms with E-state index in [1.54, 1.807) is 0 Å². The normalized spacial score (nSPS) is 23.2. The van der Waals surface area contributed by atoms with Gasteiger partial charge in [0.2, 0.25) is 0 Å². The van der Waals surface area contributed by atoms with E-state index in [0.29, 0.717) is 20.9 Å². The Labute approximate surface area is 70.9 Å². The molecular formula is C5H16B3N3. The van der Waals surface area contributed by atoms with Crippen molar-refractivity contribution in [3.05, 3.63) is 0 Å². The molecule has 0 aromatic heterocycles. The summed E-state index contributed by atoms with van der Waals surface area (Å²) >= 11 is 0. The molecule has 1 fully saturated rings. The summed E-state index contributed by atoms with van der Waals surface area (Å²) in [5.74, 6) is 0. The van der Waals surface area contributed by atoms with E-state index in [1.807, 2.05) is 0 Å². The minimum atomic E-state index is 0.483. The van der Waals surface area contributed by atoms with Crippen molar-refractivity contribution in [3.63, 3.8) is 0 Å².